The lowest BCUT2D eigenvalue weighted by atomic mass is 10.1. The van der Waals surface area contributed by atoms with Crippen LogP contribution in [0.3, 0.4) is 0 Å². The zero-order chi connectivity index (χ0) is 12.1. The molecule has 16 heavy (non-hydrogen) atoms. The fourth-order valence-electron chi connectivity index (χ4n) is 1.72. The van der Waals surface area contributed by atoms with Gasteiger partial charge >= 0.3 is 11.9 Å². The highest BCUT2D eigenvalue weighted by Gasteiger charge is 2.45. The Kier molecular flexibility index (Phi) is 4.73. The molecule has 92 valence electrons. The SMILES string of the molecule is CCOC(=O)C(N)CC1CC1C(=O)OCC. The second-order valence-corrected chi connectivity index (χ2v) is 3.95. The van der Waals surface area contributed by atoms with Crippen molar-refractivity contribution in [2.45, 2.75) is 32.7 Å². The molecule has 0 aromatic carbocycles. The fourth-order valence-corrected chi connectivity index (χ4v) is 1.72. The van der Waals surface area contributed by atoms with Gasteiger partial charge in [-0.1, -0.05) is 0 Å². The molecule has 0 bridgehead atoms. The van der Waals surface area contributed by atoms with E-state index in [1.807, 2.05) is 0 Å². The molecule has 3 unspecified atom stereocenters. The third-order valence-electron chi connectivity index (χ3n) is 2.66. The Hall–Kier alpha value is -1.10. The highest BCUT2D eigenvalue weighted by molar-refractivity contribution is 5.77. The Bertz CT molecular complexity index is 267. The van der Waals surface area contributed by atoms with Gasteiger partial charge in [0.1, 0.15) is 6.04 Å². The second kappa shape index (κ2) is 5.84. The minimum absolute atomic E-state index is 0.0690. The average Bonchev–Trinajstić information content (AvgIpc) is 2.98. The molecule has 0 aromatic heterocycles. The van der Waals surface area contributed by atoms with Crippen molar-refractivity contribution in [2.24, 2.45) is 17.6 Å². The highest BCUT2D eigenvalue weighted by atomic mass is 16.5. The van der Waals surface area contributed by atoms with Gasteiger partial charge in [0, 0.05) is 0 Å². The summed E-state index contributed by atoms with van der Waals surface area (Å²) in [4.78, 5) is 22.6. The summed E-state index contributed by atoms with van der Waals surface area (Å²) < 4.78 is 9.69. The van der Waals surface area contributed by atoms with Crippen LogP contribution < -0.4 is 5.73 Å². The van der Waals surface area contributed by atoms with E-state index >= 15 is 0 Å². The molecule has 1 aliphatic rings. The van der Waals surface area contributed by atoms with E-state index in [0.29, 0.717) is 19.6 Å². The lowest BCUT2D eigenvalue weighted by molar-refractivity contribution is -0.147. The Morgan fingerprint density at radius 3 is 2.50 bits per heavy atom. The lowest BCUT2D eigenvalue weighted by Crippen LogP contribution is -2.33. The van der Waals surface area contributed by atoms with Crippen LogP contribution in [0.25, 0.3) is 0 Å². The smallest absolute Gasteiger partial charge is 0.322 e. The van der Waals surface area contributed by atoms with Gasteiger partial charge in [0.15, 0.2) is 0 Å². The third kappa shape index (κ3) is 3.48. The van der Waals surface area contributed by atoms with Gasteiger partial charge in [-0.15, -0.1) is 0 Å². The van der Waals surface area contributed by atoms with Crippen molar-refractivity contribution in [3.05, 3.63) is 0 Å². The number of esters is 2. The highest BCUT2D eigenvalue weighted by Crippen LogP contribution is 2.42. The van der Waals surface area contributed by atoms with Crippen molar-refractivity contribution < 1.29 is 19.1 Å². The molecule has 0 radical (unpaired) electrons. The molecule has 0 spiro atoms. The van der Waals surface area contributed by atoms with E-state index in [4.69, 9.17) is 15.2 Å². The van der Waals surface area contributed by atoms with Crippen LogP contribution in [-0.2, 0) is 19.1 Å². The first-order valence-corrected chi connectivity index (χ1v) is 5.69. The van der Waals surface area contributed by atoms with Crippen LogP contribution in [-0.4, -0.2) is 31.2 Å². The number of carbonyl (C=O) groups is 2. The Morgan fingerprint density at radius 2 is 1.94 bits per heavy atom. The van der Waals surface area contributed by atoms with E-state index in [0.717, 1.165) is 6.42 Å². The Balaban J connectivity index is 2.25. The van der Waals surface area contributed by atoms with Crippen molar-refractivity contribution in [3.8, 4) is 0 Å². The molecule has 1 fully saturated rings. The molecule has 5 nitrogen and oxygen atoms in total. The number of hydrogen-bond donors (Lipinski definition) is 1. The number of ether oxygens (including phenoxy) is 2. The summed E-state index contributed by atoms with van der Waals surface area (Å²) >= 11 is 0. The van der Waals surface area contributed by atoms with Crippen LogP contribution in [0.5, 0.6) is 0 Å². The van der Waals surface area contributed by atoms with Crippen molar-refractivity contribution in [1.29, 1.82) is 0 Å². The normalized spacial score (nSPS) is 24.7. The molecule has 5 heteroatoms. The first-order chi connectivity index (χ1) is 7.60. The zero-order valence-corrected chi connectivity index (χ0v) is 9.77. The number of rotatable bonds is 6. The topological polar surface area (TPSA) is 78.6 Å². The van der Waals surface area contributed by atoms with Crippen LogP contribution in [0.4, 0.5) is 0 Å². The number of hydrogen-bond acceptors (Lipinski definition) is 5. The summed E-state index contributed by atoms with van der Waals surface area (Å²) in [6.07, 6.45) is 1.27. The van der Waals surface area contributed by atoms with E-state index in [2.05, 4.69) is 0 Å². The maximum atomic E-state index is 11.3. The Morgan fingerprint density at radius 1 is 1.31 bits per heavy atom. The molecular weight excluding hydrogens is 210 g/mol. The summed E-state index contributed by atoms with van der Waals surface area (Å²) in [5.74, 6) is -0.459. The van der Waals surface area contributed by atoms with E-state index in [9.17, 15) is 9.59 Å². The first-order valence-electron chi connectivity index (χ1n) is 5.69. The zero-order valence-electron chi connectivity index (χ0n) is 9.77. The molecule has 0 heterocycles. The summed E-state index contributed by atoms with van der Waals surface area (Å²) in [7, 11) is 0. The fraction of sp³-hybridized carbons (Fsp3) is 0.818. The van der Waals surface area contributed by atoms with E-state index in [1.54, 1.807) is 13.8 Å². The van der Waals surface area contributed by atoms with Gasteiger partial charge in [-0.2, -0.15) is 0 Å². The van der Waals surface area contributed by atoms with Gasteiger partial charge < -0.3 is 15.2 Å². The molecule has 0 aromatic rings. The molecule has 1 saturated carbocycles. The molecular formula is C11H19NO4. The first kappa shape index (κ1) is 13.0. The van der Waals surface area contributed by atoms with Crippen LogP contribution in [0.15, 0.2) is 0 Å². The van der Waals surface area contributed by atoms with Gasteiger partial charge in [-0.05, 0) is 32.6 Å². The molecule has 2 N–H and O–H groups in total. The molecule has 0 saturated heterocycles. The van der Waals surface area contributed by atoms with E-state index in [1.165, 1.54) is 0 Å². The molecule has 1 rings (SSSR count). The quantitative estimate of drug-likeness (QED) is 0.670. The Labute approximate surface area is 95.3 Å². The van der Waals surface area contributed by atoms with Crippen molar-refractivity contribution >= 4 is 11.9 Å². The lowest BCUT2D eigenvalue weighted by Gasteiger charge is -2.09. The van der Waals surface area contributed by atoms with Crippen LogP contribution in [0.1, 0.15) is 26.7 Å². The van der Waals surface area contributed by atoms with Gasteiger partial charge in [0.2, 0.25) is 0 Å². The monoisotopic (exact) mass is 229 g/mol. The van der Waals surface area contributed by atoms with Crippen molar-refractivity contribution in [3.63, 3.8) is 0 Å². The van der Waals surface area contributed by atoms with Gasteiger partial charge in [-0.25, -0.2) is 0 Å². The minimum atomic E-state index is -0.621. The van der Waals surface area contributed by atoms with Gasteiger partial charge in [0.25, 0.3) is 0 Å². The molecule has 0 aliphatic heterocycles. The van der Waals surface area contributed by atoms with Crippen molar-refractivity contribution in [1.82, 2.24) is 0 Å². The largest absolute Gasteiger partial charge is 0.466 e. The summed E-state index contributed by atoms with van der Waals surface area (Å²) in [5, 5.41) is 0. The van der Waals surface area contributed by atoms with Gasteiger partial charge in [0.05, 0.1) is 19.1 Å². The number of carbonyl (C=O) groups excluding carboxylic acids is 2. The average molecular weight is 229 g/mol. The van der Waals surface area contributed by atoms with Crippen LogP contribution in [0, 0.1) is 11.8 Å². The minimum Gasteiger partial charge on any atom is -0.466 e. The van der Waals surface area contributed by atoms with Crippen LogP contribution >= 0.6 is 0 Å². The molecule has 3 atom stereocenters. The summed E-state index contributed by atoms with van der Waals surface area (Å²) in [6.45, 7) is 4.24. The predicted molar refractivity (Wildman–Crippen MR) is 57.5 cm³/mol. The summed E-state index contributed by atoms with van der Waals surface area (Å²) in [5.41, 5.74) is 5.65. The van der Waals surface area contributed by atoms with E-state index < -0.39 is 12.0 Å². The molecule has 1 aliphatic carbocycles. The standard InChI is InChI=1S/C11H19NO4/c1-3-15-10(13)8-5-7(8)6-9(12)11(14)16-4-2/h7-9H,3-6,12H2,1-2H3. The maximum absolute atomic E-state index is 11.3. The molecule has 0 amide bonds. The predicted octanol–water partition coefficient (Wildman–Crippen LogP) is 0.466. The van der Waals surface area contributed by atoms with Gasteiger partial charge in [-0.3, -0.25) is 9.59 Å². The third-order valence-corrected chi connectivity index (χ3v) is 2.66. The van der Waals surface area contributed by atoms with Crippen LogP contribution in [0.2, 0.25) is 0 Å². The maximum Gasteiger partial charge on any atom is 0.322 e. The van der Waals surface area contributed by atoms with E-state index in [-0.39, 0.29) is 17.8 Å². The second-order valence-electron chi connectivity index (χ2n) is 3.95. The van der Waals surface area contributed by atoms with Crippen molar-refractivity contribution in [2.75, 3.05) is 13.2 Å². The summed E-state index contributed by atoms with van der Waals surface area (Å²) in [6, 6.07) is -0.621. The number of nitrogens with two attached hydrogens (primary N) is 1.